The zero-order valence-corrected chi connectivity index (χ0v) is 10.5. The Morgan fingerprint density at radius 1 is 1.62 bits per heavy atom. The van der Waals surface area contributed by atoms with Crippen LogP contribution in [0.2, 0.25) is 0 Å². The van der Waals surface area contributed by atoms with Crippen LogP contribution in [0.1, 0.15) is 41.1 Å². The maximum Gasteiger partial charge on any atom is 0.0378 e. The minimum absolute atomic E-state index is 0.526. The van der Waals surface area contributed by atoms with E-state index in [1.54, 1.807) is 10.4 Å². The Bertz CT molecular complexity index is 301. The maximum absolute atomic E-state index is 3.67. The van der Waals surface area contributed by atoms with Crippen molar-refractivity contribution in [2.24, 2.45) is 5.92 Å². The van der Waals surface area contributed by atoms with Gasteiger partial charge < -0.3 is 0 Å². The molecule has 0 saturated heterocycles. The molecule has 0 aromatic carbocycles. The Morgan fingerprint density at radius 3 is 3.08 bits per heavy atom. The van der Waals surface area contributed by atoms with Gasteiger partial charge in [0.1, 0.15) is 0 Å². The van der Waals surface area contributed by atoms with E-state index in [1.807, 2.05) is 11.3 Å². The molecular weight excluding hydrogens is 244 g/mol. The number of fused-ring (bicyclic) bond motifs is 1. The quantitative estimate of drug-likeness (QED) is 0.658. The van der Waals surface area contributed by atoms with Gasteiger partial charge in [-0.15, -0.1) is 11.3 Å². The molecule has 13 heavy (non-hydrogen) atoms. The Morgan fingerprint density at radius 2 is 2.38 bits per heavy atom. The molecule has 2 heteroatoms. The van der Waals surface area contributed by atoms with Crippen molar-refractivity contribution in [3.63, 3.8) is 0 Å². The molecule has 72 valence electrons. The van der Waals surface area contributed by atoms with Gasteiger partial charge in [0.05, 0.1) is 0 Å². The van der Waals surface area contributed by atoms with E-state index in [0.717, 1.165) is 5.92 Å². The highest BCUT2D eigenvalue weighted by Crippen LogP contribution is 2.37. The largest absolute Gasteiger partial charge is 0.148 e. The summed E-state index contributed by atoms with van der Waals surface area (Å²) in [5.74, 6) is 0.882. The molecule has 2 unspecified atom stereocenters. The summed E-state index contributed by atoms with van der Waals surface area (Å²) in [7, 11) is 0. The number of rotatable bonds is 1. The van der Waals surface area contributed by atoms with E-state index >= 15 is 0 Å². The first-order chi connectivity index (χ1) is 6.18. The normalized spacial score (nSPS) is 24.1. The summed E-state index contributed by atoms with van der Waals surface area (Å²) in [6, 6.07) is 0. The van der Waals surface area contributed by atoms with Crippen LogP contribution < -0.4 is 0 Å². The van der Waals surface area contributed by atoms with E-state index in [4.69, 9.17) is 0 Å². The van der Waals surface area contributed by atoms with Crippen molar-refractivity contribution >= 4 is 27.3 Å². The summed E-state index contributed by atoms with van der Waals surface area (Å²) in [6.45, 7) is 4.59. The highest BCUT2D eigenvalue weighted by molar-refractivity contribution is 9.09. The van der Waals surface area contributed by atoms with Gasteiger partial charge in [-0.25, -0.2) is 0 Å². The van der Waals surface area contributed by atoms with Crippen molar-refractivity contribution in [2.75, 3.05) is 0 Å². The highest BCUT2D eigenvalue weighted by atomic mass is 79.9. The SMILES string of the molecule is CC1CCc2scc(C(C)Br)c2C1. The molecule has 2 rings (SSSR count). The van der Waals surface area contributed by atoms with Gasteiger partial charge in [0.25, 0.3) is 0 Å². The van der Waals surface area contributed by atoms with E-state index in [2.05, 4.69) is 35.2 Å². The molecule has 1 heterocycles. The molecule has 1 aromatic rings. The molecule has 0 amide bonds. The van der Waals surface area contributed by atoms with Crippen molar-refractivity contribution < 1.29 is 0 Å². The minimum Gasteiger partial charge on any atom is -0.148 e. The molecule has 0 bridgehead atoms. The van der Waals surface area contributed by atoms with Crippen molar-refractivity contribution in [1.29, 1.82) is 0 Å². The van der Waals surface area contributed by atoms with Gasteiger partial charge in [-0.05, 0) is 48.6 Å². The second-order valence-electron chi connectivity index (χ2n) is 4.06. The molecule has 0 radical (unpaired) electrons. The molecule has 0 saturated carbocycles. The molecule has 1 aromatic heterocycles. The number of alkyl halides is 1. The summed E-state index contributed by atoms with van der Waals surface area (Å²) < 4.78 is 0. The third-order valence-corrected chi connectivity index (χ3v) is 4.46. The Labute approximate surface area is 92.5 Å². The number of halogens is 1. The van der Waals surface area contributed by atoms with Crippen LogP contribution >= 0.6 is 27.3 Å². The lowest BCUT2D eigenvalue weighted by atomic mass is 9.87. The lowest BCUT2D eigenvalue weighted by Crippen LogP contribution is -2.10. The van der Waals surface area contributed by atoms with Gasteiger partial charge in [-0.2, -0.15) is 0 Å². The number of aryl methyl sites for hydroxylation is 1. The van der Waals surface area contributed by atoms with Crippen LogP contribution in [0.15, 0.2) is 5.38 Å². The zero-order valence-electron chi connectivity index (χ0n) is 8.14. The highest BCUT2D eigenvalue weighted by Gasteiger charge is 2.21. The van der Waals surface area contributed by atoms with E-state index in [9.17, 15) is 0 Å². The molecule has 2 atom stereocenters. The third kappa shape index (κ3) is 1.84. The van der Waals surface area contributed by atoms with Crippen LogP contribution in [0.3, 0.4) is 0 Å². The van der Waals surface area contributed by atoms with E-state index < -0.39 is 0 Å². The van der Waals surface area contributed by atoms with Gasteiger partial charge in [0.15, 0.2) is 0 Å². The van der Waals surface area contributed by atoms with Crippen molar-refractivity contribution in [1.82, 2.24) is 0 Å². The summed E-state index contributed by atoms with van der Waals surface area (Å²) in [6.07, 6.45) is 3.98. The van der Waals surface area contributed by atoms with Gasteiger partial charge in [0.2, 0.25) is 0 Å². The van der Waals surface area contributed by atoms with Gasteiger partial charge in [0, 0.05) is 9.70 Å². The molecule has 0 spiro atoms. The smallest absolute Gasteiger partial charge is 0.0378 e. The summed E-state index contributed by atoms with van der Waals surface area (Å²) in [5, 5.41) is 2.34. The van der Waals surface area contributed by atoms with Crippen molar-refractivity contribution in [2.45, 2.75) is 37.9 Å². The Kier molecular flexibility index (Phi) is 2.80. The first kappa shape index (κ1) is 9.72. The van der Waals surface area contributed by atoms with E-state index in [1.165, 1.54) is 24.8 Å². The lowest BCUT2D eigenvalue weighted by molar-refractivity contribution is 0.504. The number of hydrogen-bond acceptors (Lipinski definition) is 1. The Hall–Kier alpha value is 0.180. The second-order valence-corrected chi connectivity index (χ2v) is 6.39. The van der Waals surface area contributed by atoms with Crippen LogP contribution in [0.4, 0.5) is 0 Å². The molecular formula is C11H15BrS. The van der Waals surface area contributed by atoms with Crippen LogP contribution in [0, 0.1) is 5.92 Å². The fourth-order valence-corrected chi connectivity index (χ4v) is 3.82. The van der Waals surface area contributed by atoms with Crippen molar-refractivity contribution in [3.05, 3.63) is 21.4 Å². The first-order valence-electron chi connectivity index (χ1n) is 4.91. The molecule has 0 fully saturated rings. The van der Waals surface area contributed by atoms with Crippen LogP contribution in [0.25, 0.3) is 0 Å². The summed E-state index contributed by atoms with van der Waals surface area (Å²) in [4.78, 5) is 2.16. The zero-order chi connectivity index (χ0) is 9.42. The number of thiophene rings is 1. The molecule has 1 aliphatic carbocycles. The fourth-order valence-electron chi connectivity index (χ4n) is 2.04. The third-order valence-electron chi connectivity index (χ3n) is 2.86. The van der Waals surface area contributed by atoms with E-state index in [0.29, 0.717) is 4.83 Å². The first-order valence-corrected chi connectivity index (χ1v) is 6.71. The van der Waals surface area contributed by atoms with Crippen LogP contribution in [0.5, 0.6) is 0 Å². The molecule has 0 nitrogen and oxygen atoms in total. The van der Waals surface area contributed by atoms with Crippen molar-refractivity contribution in [3.8, 4) is 0 Å². The van der Waals surface area contributed by atoms with Gasteiger partial charge >= 0.3 is 0 Å². The Balaban J connectivity index is 2.35. The molecule has 0 N–H and O–H groups in total. The predicted molar refractivity (Wildman–Crippen MR) is 62.9 cm³/mol. The van der Waals surface area contributed by atoms with Gasteiger partial charge in [-0.1, -0.05) is 22.9 Å². The molecule has 1 aliphatic rings. The van der Waals surface area contributed by atoms with Crippen LogP contribution in [-0.4, -0.2) is 0 Å². The lowest BCUT2D eigenvalue weighted by Gasteiger charge is -2.20. The standard InChI is InChI=1S/C11H15BrS/c1-7-3-4-11-9(5-7)10(6-13-11)8(2)12/h6-8H,3-5H2,1-2H3. The number of hydrogen-bond donors (Lipinski definition) is 0. The second kappa shape index (κ2) is 3.74. The van der Waals surface area contributed by atoms with Gasteiger partial charge in [-0.3, -0.25) is 0 Å². The topological polar surface area (TPSA) is 0 Å². The summed E-state index contributed by atoms with van der Waals surface area (Å²) in [5.41, 5.74) is 3.18. The minimum atomic E-state index is 0.526. The van der Waals surface area contributed by atoms with Crippen LogP contribution in [-0.2, 0) is 12.8 Å². The average Bonchev–Trinajstić information content (AvgIpc) is 2.46. The van der Waals surface area contributed by atoms with E-state index in [-0.39, 0.29) is 0 Å². The fraction of sp³-hybridized carbons (Fsp3) is 0.636. The molecule has 0 aliphatic heterocycles. The monoisotopic (exact) mass is 258 g/mol. The average molecular weight is 259 g/mol. The maximum atomic E-state index is 3.67. The predicted octanol–water partition coefficient (Wildman–Crippen LogP) is 4.33. The summed E-state index contributed by atoms with van der Waals surface area (Å²) >= 11 is 5.62.